The molecule has 1 saturated carbocycles. The molecular weight excluding hydrogens is 214 g/mol. The molecule has 0 aliphatic heterocycles. The number of hydrogen-bond donors (Lipinski definition) is 2. The molecule has 17 heavy (non-hydrogen) atoms. The molecule has 4 heteroatoms. The summed E-state index contributed by atoms with van der Waals surface area (Å²) in [5.41, 5.74) is 0.302. The van der Waals surface area contributed by atoms with Gasteiger partial charge in [-0.1, -0.05) is 6.92 Å². The maximum Gasteiger partial charge on any atom is 0.147 e. The number of aryl methyl sites for hydroxylation is 1. The number of nitrogens with one attached hydrogen (secondary N) is 1. The lowest BCUT2D eigenvalue weighted by Crippen LogP contribution is -2.40. The summed E-state index contributed by atoms with van der Waals surface area (Å²) in [4.78, 5) is 8.40. The summed E-state index contributed by atoms with van der Waals surface area (Å²) in [6.45, 7) is 4.74. The van der Waals surface area contributed by atoms with Crippen LogP contribution in [0.2, 0.25) is 0 Å². The molecule has 0 spiro atoms. The van der Waals surface area contributed by atoms with Crippen LogP contribution in [0.15, 0.2) is 12.4 Å². The molecule has 2 rings (SSSR count). The molecule has 94 valence electrons. The highest BCUT2D eigenvalue weighted by Gasteiger charge is 2.31. The van der Waals surface area contributed by atoms with Crippen LogP contribution in [-0.4, -0.2) is 27.2 Å². The van der Waals surface area contributed by atoms with Crippen molar-refractivity contribution in [2.75, 3.05) is 11.9 Å². The minimum Gasteiger partial charge on any atom is -0.388 e. The fourth-order valence-electron chi connectivity index (χ4n) is 2.31. The van der Waals surface area contributed by atoms with E-state index in [1.807, 2.05) is 6.92 Å². The Hall–Kier alpha value is -1.16. The summed E-state index contributed by atoms with van der Waals surface area (Å²) in [6, 6.07) is 0. The van der Waals surface area contributed by atoms with Gasteiger partial charge in [-0.15, -0.1) is 0 Å². The Morgan fingerprint density at radius 2 is 2.00 bits per heavy atom. The Morgan fingerprint density at radius 3 is 2.65 bits per heavy atom. The van der Waals surface area contributed by atoms with Crippen LogP contribution in [-0.2, 0) is 0 Å². The highest BCUT2D eigenvalue weighted by Crippen LogP contribution is 2.31. The number of rotatable bonds is 3. The van der Waals surface area contributed by atoms with Gasteiger partial charge >= 0.3 is 0 Å². The second kappa shape index (κ2) is 5.00. The predicted molar refractivity (Wildman–Crippen MR) is 67.8 cm³/mol. The number of aliphatic hydroxyl groups is 1. The number of anilines is 1. The van der Waals surface area contributed by atoms with E-state index in [1.165, 1.54) is 0 Å². The van der Waals surface area contributed by atoms with Gasteiger partial charge in [0.05, 0.1) is 11.3 Å². The van der Waals surface area contributed by atoms with Crippen LogP contribution in [0.3, 0.4) is 0 Å². The quantitative estimate of drug-likeness (QED) is 0.842. The molecule has 0 aromatic carbocycles. The van der Waals surface area contributed by atoms with Crippen LogP contribution in [0.5, 0.6) is 0 Å². The lowest BCUT2D eigenvalue weighted by Gasteiger charge is -2.35. The van der Waals surface area contributed by atoms with Gasteiger partial charge in [-0.25, -0.2) is 4.98 Å². The van der Waals surface area contributed by atoms with E-state index in [2.05, 4.69) is 22.2 Å². The fraction of sp³-hybridized carbons (Fsp3) is 0.692. The van der Waals surface area contributed by atoms with Crippen molar-refractivity contribution in [2.45, 2.75) is 45.1 Å². The van der Waals surface area contributed by atoms with Crippen molar-refractivity contribution in [3.63, 3.8) is 0 Å². The lowest BCUT2D eigenvalue weighted by atomic mass is 9.79. The van der Waals surface area contributed by atoms with Gasteiger partial charge in [0.1, 0.15) is 5.82 Å². The van der Waals surface area contributed by atoms with Crippen molar-refractivity contribution in [1.29, 1.82) is 0 Å². The summed E-state index contributed by atoms with van der Waals surface area (Å²) >= 11 is 0. The summed E-state index contributed by atoms with van der Waals surface area (Å²) in [5.74, 6) is 1.52. The minimum absolute atomic E-state index is 0.569. The topological polar surface area (TPSA) is 58.0 Å². The van der Waals surface area contributed by atoms with Crippen LogP contribution < -0.4 is 5.32 Å². The smallest absolute Gasteiger partial charge is 0.147 e. The third-order valence-electron chi connectivity index (χ3n) is 3.67. The third kappa shape index (κ3) is 3.16. The molecule has 1 aromatic heterocycles. The molecule has 0 radical (unpaired) electrons. The van der Waals surface area contributed by atoms with Crippen molar-refractivity contribution in [3.8, 4) is 0 Å². The van der Waals surface area contributed by atoms with Gasteiger partial charge in [-0.05, 0) is 38.5 Å². The van der Waals surface area contributed by atoms with Gasteiger partial charge in [0.25, 0.3) is 0 Å². The van der Waals surface area contributed by atoms with E-state index < -0.39 is 5.60 Å². The lowest BCUT2D eigenvalue weighted by molar-refractivity contribution is 0.00493. The Balaban J connectivity index is 1.92. The van der Waals surface area contributed by atoms with Gasteiger partial charge < -0.3 is 10.4 Å². The van der Waals surface area contributed by atoms with Crippen molar-refractivity contribution in [2.24, 2.45) is 5.92 Å². The van der Waals surface area contributed by atoms with Gasteiger partial charge in [0.2, 0.25) is 0 Å². The molecule has 0 unspecified atom stereocenters. The van der Waals surface area contributed by atoms with E-state index in [1.54, 1.807) is 12.4 Å². The maximum absolute atomic E-state index is 10.4. The first-order valence-electron chi connectivity index (χ1n) is 6.33. The second-order valence-electron chi connectivity index (χ2n) is 5.25. The summed E-state index contributed by atoms with van der Waals surface area (Å²) < 4.78 is 0. The SMILES string of the molecule is Cc1nccnc1NCC1(O)CCC(C)CC1. The number of aromatic nitrogens is 2. The molecule has 0 atom stereocenters. The molecule has 0 amide bonds. The predicted octanol–water partition coefficient (Wildman–Crippen LogP) is 2.14. The maximum atomic E-state index is 10.4. The normalized spacial score (nSPS) is 29.0. The number of nitrogens with zero attached hydrogens (tertiary/aromatic N) is 2. The van der Waals surface area contributed by atoms with Crippen LogP contribution >= 0.6 is 0 Å². The first kappa shape index (κ1) is 12.3. The third-order valence-corrected chi connectivity index (χ3v) is 3.67. The van der Waals surface area contributed by atoms with E-state index in [-0.39, 0.29) is 0 Å². The van der Waals surface area contributed by atoms with E-state index in [0.717, 1.165) is 43.1 Å². The monoisotopic (exact) mass is 235 g/mol. The standard InChI is InChI=1S/C13H21N3O/c1-10-3-5-13(17,6-4-10)9-16-12-11(2)14-7-8-15-12/h7-8,10,17H,3-6,9H2,1-2H3,(H,15,16). The van der Waals surface area contributed by atoms with Gasteiger partial charge in [0, 0.05) is 18.9 Å². The fourth-order valence-corrected chi connectivity index (χ4v) is 2.31. The van der Waals surface area contributed by atoms with E-state index in [4.69, 9.17) is 0 Å². The van der Waals surface area contributed by atoms with Crippen molar-refractivity contribution in [3.05, 3.63) is 18.1 Å². The first-order valence-corrected chi connectivity index (χ1v) is 6.33. The number of hydrogen-bond acceptors (Lipinski definition) is 4. The Labute approximate surface area is 102 Å². The highest BCUT2D eigenvalue weighted by molar-refractivity contribution is 5.38. The summed E-state index contributed by atoms with van der Waals surface area (Å²) in [6.07, 6.45) is 7.32. The molecule has 1 aliphatic carbocycles. The van der Waals surface area contributed by atoms with Crippen LogP contribution in [0, 0.1) is 12.8 Å². The molecule has 1 aliphatic rings. The van der Waals surface area contributed by atoms with Crippen LogP contribution in [0.1, 0.15) is 38.3 Å². The highest BCUT2D eigenvalue weighted by atomic mass is 16.3. The van der Waals surface area contributed by atoms with E-state index in [9.17, 15) is 5.11 Å². The van der Waals surface area contributed by atoms with Gasteiger partial charge in [0.15, 0.2) is 0 Å². The molecule has 0 saturated heterocycles. The van der Waals surface area contributed by atoms with E-state index in [0.29, 0.717) is 6.54 Å². The van der Waals surface area contributed by atoms with Crippen molar-refractivity contribution in [1.82, 2.24) is 9.97 Å². The molecular formula is C13H21N3O. The second-order valence-corrected chi connectivity index (χ2v) is 5.25. The molecule has 1 heterocycles. The molecule has 2 N–H and O–H groups in total. The Kier molecular flexibility index (Phi) is 3.62. The summed E-state index contributed by atoms with van der Waals surface area (Å²) in [7, 11) is 0. The average molecular weight is 235 g/mol. The van der Waals surface area contributed by atoms with Crippen molar-refractivity contribution >= 4 is 5.82 Å². The molecule has 1 aromatic rings. The molecule has 4 nitrogen and oxygen atoms in total. The minimum atomic E-state index is -0.573. The van der Waals surface area contributed by atoms with Crippen LogP contribution in [0.25, 0.3) is 0 Å². The summed E-state index contributed by atoms with van der Waals surface area (Å²) in [5, 5.41) is 13.6. The zero-order chi connectivity index (χ0) is 12.3. The average Bonchev–Trinajstić information content (AvgIpc) is 2.33. The molecule has 1 fully saturated rings. The molecule has 0 bridgehead atoms. The Bertz CT molecular complexity index is 373. The van der Waals surface area contributed by atoms with Crippen LogP contribution in [0.4, 0.5) is 5.82 Å². The van der Waals surface area contributed by atoms with Gasteiger partial charge in [-0.3, -0.25) is 4.98 Å². The Morgan fingerprint density at radius 1 is 1.35 bits per heavy atom. The zero-order valence-corrected chi connectivity index (χ0v) is 10.6. The first-order chi connectivity index (χ1) is 8.09. The van der Waals surface area contributed by atoms with Crippen molar-refractivity contribution < 1.29 is 5.11 Å². The largest absolute Gasteiger partial charge is 0.388 e. The zero-order valence-electron chi connectivity index (χ0n) is 10.6. The van der Waals surface area contributed by atoms with E-state index >= 15 is 0 Å². The van der Waals surface area contributed by atoms with Gasteiger partial charge in [-0.2, -0.15) is 0 Å².